The molecule has 0 saturated carbocycles. The molecule has 0 aliphatic heterocycles. The average Bonchev–Trinajstić information content (AvgIpc) is 2.78. The number of ketones is 1. The minimum atomic E-state index is 0.0170. The Bertz CT molecular complexity index is 575. The van der Waals surface area contributed by atoms with Crippen LogP contribution in [0.25, 0.3) is 0 Å². The quantitative estimate of drug-likeness (QED) is 0.793. The van der Waals surface area contributed by atoms with Crippen molar-refractivity contribution in [3.63, 3.8) is 0 Å². The smallest absolute Gasteiger partial charge is 0.178 e. The van der Waals surface area contributed by atoms with Gasteiger partial charge in [0, 0.05) is 18.7 Å². The Labute approximate surface area is 110 Å². The fourth-order valence-corrected chi connectivity index (χ4v) is 2.65. The summed E-state index contributed by atoms with van der Waals surface area (Å²) in [5.74, 6) is 0.908. The molecule has 1 aromatic heterocycles. The van der Waals surface area contributed by atoms with Gasteiger partial charge in [-0.25, -0.2) is 4.98 Å². The van der Waals surface area contributed by atoms with Crippen molar-refractivity contribution in [2.45, 2.75) is 20.3 Å². The zero-order valence-electron chi connectivity index (χ0n) is 10.7. The summed E-state index contributed by atoms with van der Waals surface area (Å²) in [6.45, 7) is 3.56. The van der Waals surface area contributed by atoms with Crippen molar-refractivity contribution >= 4 is 17.1 Å². The number of hydrogen-bond acceptors (Lipinski definition) is 4. The van der Waals surface area contributed by atoms with E-state index < -0.39 is 0 Å². The number of aryl methyl sites for hydroxylation is 1. The fraction of sp³-hybridized carbons (Fsp3) is 0.286. The van der Waals surface area contributed by atoms with Crippen molar-refractivity contribution in [1.29, 1.82) is 0 Å². The molecule has 1 heterocycles. The molecule has 0 N–H and O–H groups in total. The molecule has 0 atom stereocenters. The number of thiazole rings is 1. The van der Waals surface area contributed by atoms with E-state index in [0.29, 0.717) is 5.69 Å². The summed E-state index contributed by atoms with van der Waals surface area (Å²) in [5, 5.41) is 2.78. The Morgan fingerprint density at radius 3 is 2.78 bits per heavy atom. The van der Waals surface area contributed by atoms with Gasteiger partial charge >= 0.3 is 0 Å². The first kappa shape index (κ1) is 12.8. The van der Waals surface area contributed by atoms with E-state index in [4.69, 9.17) is 4.74 Å². The first-order chi connectivity index (χ1) is 8.60. The first-order valence-corrected chi connectivity index (χ1v) is 6.57. The highest BCUT2D eigenvalue weighted by Crippen LogP contribution is 2.21. The van der Waals surface area contributed by atoms with Crippen molar-refractivity contribution in [1.82, 2.24) is 4.98 Å². The molecule has 0 bridgehead atoms. The van der Waals surface area contributed by atoms with Crippen molar-refractivity contribution in [2.24, 2.45) is 0 Å². The molecule has 0 fully saturated rings. The SMILES string of the molecule is COc1ccc(Cc2nc(C(C)=O)cs2)cc1C. The van der Waals surface area contributed by atoms with Crippen LogP contribution < -0.4 is 4.74 Å². The number of carbonyl (C=O) groups is 1. The van der Waals surface area contributed by atoms with E-state index in [1.54, 1.807) is 7.11 Å². The van der Waals surface area contributed by atoms with Gasteiger partial charge in [0.2, 0.25) is 0 Å². The predicted molar refractivity (Wildman–Crippen MR) is 72.7 cm³/mol. The lowest BCUT2D eigenvalue weighted by molar-refractivity contribution is 0.101. The Hall–Kier alpha value is -1.68. The zero-order chi connectivity index (χ0) is 13.1. The Morgan fingerprint density at radius 2 is 2.22 bits per heavy atom. The van der Waals surface area contributed by atoms with Gasteiger partial charge in [-0.05, 0) is 24.1 Å². The number of hydrogen-bond donors (Lipinski definition) is 0. The normalized spacial score (nSPS) is 10.4. The molecule has 18 heavy (non-hydrogen) atoms. The van der Waals surface area contributed by atoms with Crippen molar-refractivity contribution < 1.29 is 9.53 Å². The van der Waals surface area contributed by atoms with Crippen LogP contribution in [0.3, 0.4) is 0 Å². The minimum Gasteiger partial charge on any atom is -0.496 e. The van der Waals surface area contributed by atoms with Gasteiger partial charge in [-0.1, -0.05) is 12.1 Å². The van der Waals surface area contributed by atoms with Crippen LogP contribution in [0.1, 0.15) is 33.5 Å². The Kier molecular flexibility index (Phi) is 3.77. The molecule has 0 unspecified atom stereocenters. The van der Waals surface area contributed by atoms with Crippen molar-refractivity contribution in [2.75, 3.05) is 7.11 Å². The molecule has 1 aromatic carbocycles. The maximum absolute atomic E-state index is 11.2. The van der Waals surface area contributed by atoms with E-state index >= 15 is 0 Å². The summed E-state index contributed by atoms with van der Waals surface area (Å²) in [4.78, 5) is 15.5. The van der Waals surface area contributed by atoms with Crippen LogP contribution in [0.15, 0.2) is 23.6 Å². The molecule has 2 rings (SSSR count). The highest BCUT2D eigenvalue weighted by molar-refractivity contribution is 7.09. The van der Waals surface area contributed by atoms with Crippen molar-refractivity contribution in [3.05, 3.63) is 45.4 Å². The van der Waals surface area contributed by atoms with Gasteiger partial charge < -0.3 is 4.74 Å². The van der Waals surface area contributed by atoms with Gasteiger partial charge in [0.1, 0.15) is 11.4 Å². The molecule has 0 spiro atoms. The number of carbonyl (C=O) groups excluding carboxylic acids is 1. The Morgan fingerprint density at radius 1 is 1.44 bits per heavy atom. The second-order valence-corrected chi connectivity index (χ2v) is 5.11. The summed E-state index contributed by atoms with van der Waals surface area (Å²) < 4.78 is 5.23. The number of benzene rings is 1. The molecular weight excluding hydrogens is 246 g/mol. The van der Waals surface area contributed by atoms with E-state index in [1.165, 1.54) is 23.8 Å². The Balaban J connectivity index is 2.18. The van der Waals surface area contributed by atoms with Gasteiger partial charge in [-0.2, -0.15) is 0 Å². The second-order valence-electron chi connectivity index (χ2n) is 4.16. The summed E-state index contributed by atoms with van der Waals surface area (Å²) in [6.07, 6.45) is 0.753. The van der Waals surface area contributed by atoms with Crippen LogP contribution in [0.4, 0.5) is 0 Å². The molecule has 0 radical (unpaired) electrons. The lowest BCUT2D eigenvalue weighted by Crippen LogP contribution is -1.94. The third kappa shape index (κ3) is 2.76. The molecule has 2 aromatic rings. The number of methoxy groups -OCH3 is 1. The van der Waals surface area contributed by atoms with Crippen LogP contribution in [0, 0.1) is 6.92 Å². The zero-order valence-corrected chi connectivity index (χ0v) is 11.5. The third-order valence-corrected chi connectivity index (χ3v) is 3.58. The molecule has 94 valence electrons. The van der Waals surface area contributed by atoms with Gasteiger partial charge in [0.05, 0.1) is 12.1 Å². The molecular formula is C14H15NO2S. The number of rotatable bonds is 4. The van der Waals surface area contributed by atoms with Gasteiger partial charge in [0.25, 0.3) is 0 Å². The largest absolute Gasteiger partial charge is 0.496 e. The number of nitrogens with zero attached hydrogens (tertiary/aromatic N) is 1. The maximum atomic E-state index is 11.2. The molecule has 3 nitrogen and oxygen atoms in total. The van der Waals surface area contributed by atoms with Crippen LogP contribution >= 0.6 is 11.3 Å². The summed E-state index contributed by atoms with van der Waals surface area (Å²) in [7, 11) is 1.67. The topological polar surface area (TPSA) is 39.2 Å². The van der Waals surface area contributed by atoms with E-state index in [9.17, 15) is 4.79 Å². The van der Waals surface area contributed by atoms with Crippen LogP contribution in [-0.2, 0) is 6.42 Å². The monoisotopic (exact) mass is 261 g/mol. The van der Waals surface area contributed by atoms with Crippen LogP contribution in [-0.4, -0.2) is 17.9 Å². The van der Waals surface area contributed by atoms with Gasteiger partial charge in [-0.15, -0.1) is 11.3 Å². The van der Waals surface area contributed by atoms with E-state index in [2.05, 4.69) is 11.1 Å². The number of Topliss-reactive ketones (excluding diaryl/α,β-unsaturated/α-hetero) is 1. The highest BCUT2D eigenvalue weighted by Gasteiger charge is 2.07. The highest BCUT2D eigenvalue weighted by atomic mass is 32.1. The van der Waals surface area contributed by atoms with Crippen molar-refractivity contribution in [3.8, 4) is 5.75 Å². The molecule has 4 heteroatoms. The lowest BCUT2D eigenvalue weighted by atomic mass is 10.1. The number of aromatic nitrogens is 1. The average molecular weight is 261 g/mol. The third-order valence-electron chi connectivity index (χ3n) is 2.73. The summed E-state index contributed by atoms with van der Waals surface area (Å²) in [6, 6.07) is 6.08. The van der Waals surface area contributed by atoms with E-state index in [1.807, 2.05) is 24.4 Å². The first-order valence-electron chi connectivity index (χ1n) is 5.69. The number of ether oxygens (including phenoxy) is 1. The summed E-state index contributed by atoms with van der Waals surface area (Å²) >= 11 is 1.53. The molecule has 0 saturated heterocycles. The van der Waals surface area contributed by atoms with E-state index in [-0.39, 0.29) is 5.78 Å². The van der Waals surface area contributed by atoms with Gasteiger partial charge in [-0.3, -0.25) is 4.79 Å². The molecule has 0 aliphatic carbocycles. The predicted octanol–water partition coefficient (Wildman–Crippen LogP) is 3.25. The van der Waals surface area contributed by atoms with Gasteiger partial charge in [0.15, 0.2) is 5.78 Å². The fourth-order valence-electron chi connectivity index (χ4n) is 1.78. The standard InChI is InChI=1S/C14H15NO2S/c1-9-6-11(4-5-13(9)17-3)7-14-15-12(8-18-14)10(2)16/h4-6,8H,7H2,1-3H3. The molecule has 0 amide bonds. The minimum absolute atomic E-state index is 0.0170. The summed E-state index contributed by atoms with van der Waals surface area (Å²) in [5.41, 5.74) is 2.84. The van der Waals surface area contributed by atoms with Crippen LogP contribution in [0.2, 0.25) is 0 Å². The lowest BCUT2D eigenvalue weighted by Gasteiger charge is -2.06. The second kappa shape index (κ2) is 5.31. The molecule has 0 aliphatic rings. The maximum Gasteiger partial charge on any atom is 0.178 e. The van der Waals surface area contributed by atoms with Crippen LogP contribution in [0.5, 0.6) is 5.75 Å². The van der Waals surface area contributed by atoms with E-state index in [0.717, 1.165) is 22.7 Å².